The summed E-state index contributed by atoms with van der Waals surface area (Å²) in [5, 5.41) is 2.91. The molecular formula is C16H23NO. The van der Waals surface area contributed by atoms with Crippen LogP contribution in [-0.2, 0) is 10.2 Å². The SMILES string of the molecule is CCC1CCC(CNC=O)(c2ccccc2)CC1. The first-order valence-electron chi connectivity index (χ1n) is 7.03. The minimum atomic E-state index is 0.161. The lowest BCUT2D eigenvalue weighted by atomic mass is 9.66. The summed E-state index contributed by atoms with van der Waals surface area (Å²) >= 11 is 0. The summed E-state index contributed by atoms with van der Waals surface area (Å²) in [6.45, 7) is 3.06. The van der Waals surface area contributed by atoms with E-state index in [1.165, 1.54) is 37.7 Å². The van der Waals surface area contributed by atoms with Gasteiger partial charge in [0.1, 0.15) is 0 Å². The van der Waals surface area contributed by atoms with Gasteiger partial charge < -0.3 is 5.32 Å². The average molecular weight is 245 g/mol. The van der Waals surface area contributed by atoms with Crippen LogP contribution in [0.4, 0.5) is 0 Å². The molecule has 98 valence electrons. The minimum absolute atomic E-state index is 0.161. The largest absolute Gasteiger partial charge is 0.358 e. The molecule has 0 unspecified atom stereocenters. The fraction of sp³-hybridized carbons (Fsp3) is 0.562. The molecule has 1 N–H and O–H groups in total. The number of nitrogens with one attached hydrogen (secondary N) is 1. The summed E-state index contributed by atoms with van der Waals surface area (Å²) in [6.07, 6.45) is 7.06. The van der Waals surface area contributed by atoms with Crippen molar-refractivity contribution in [3.05, 3.63) is 35.9 Å². The molecular weight excluding hydrogens is 222 g/mol. The van der Waals surface area contributed by atoms with Gasteiger partial charge in [-0.05, 0) is 37.2 Å². The molecule has 2 nitrogen and oxygen atoms in total. The van der Waals surface area contributed by atoms with Gasteiger partial charge in [-0.15, -0.1) is 0 Å². The molecule has 1 fully saturated rings. The van der Waals surface area contributed by atoms with E-state index in [-0.39, 0.29) is 5.41 Å². The van der Waals surface area contributed by atoms with E-state index >= 15 is 0 Å². The van der Waals surface area contributed by atoms with Gasteiger partial charge in [-0.2, -0.15) is 0 Å². The van der Waals surface area contributed by atoms with E-state index in [1.807, 2.05) is 0 Å². The van der Waals surface area contributed by atoms with Crippen LogP contribution >= 0.6 is 0 Å². The van der Waals surface area contributed by atoms with Gasteiger partial charge in [-0.25, -0.2) is 0 Å². The Bertz CT molecular complexity index is 366. The summed E-state index contributed by atoms with van der Waals surface area (Å²) in [7, 11) is 0. The summed E-state index contributed by atoms with van der Waals surface area (Å²) in [4.78, 5) is 10.6. The molecule has 1 saturated carbocycles. The molecule has 0 aromatic heterocycles. The number of hydrogen-bond donors (Lipinski definition) is 1. The zero-order valence-electron chi connectivity index (χ0n) is 11.2. The second-order valence-electron chi connectivity index (χ2n) is 5.50. The highest BCUT2D eigenvalue weighted by Crippen LogP contribution is 2.41. The first-order valence-corrected chi connectivity index (χ1v) is 7.03. The zero-order valence-corrected chi connectivity index (χ0v) is 11.2. The van der Waals surface area contributed by atoms with Gasteiger partial charge >= 0.3 is 0 Å². The van der Waals surface area contributed by atoms with Gasteiger partial charge in [0.25, 0.3) is 0 Å². The Morgan fingerprint density at radius 2 is 1.94 bits per heavy atom. The van der Waals surface area contributed by atoms with Crippen molar-refractivity contribution in [1.29, 1.82) is 0 Å². The average Bonchev–Trinajstić information content (AvgIpc) is 2.46. The van der Waals surface area contributed by atoms with Crippen molar-refractivity contribution in [2.45, 2.75) is 44.4 Å². The third-order valence-corrected chi connectivity index (χ3v) is 4.55. The molecule has 1 amide bonds. The van der Waals surface area contributed by atoms with Crippen molar-refractivity contribution in [2.24, 2.45) is 5.92 Å². The Morgan fingerprint density at radius 1 is 1.28 bits per heavy atom. The van der Waals surface area contributed by atoms with Gasteiger partial charge in [-0.1, -0.05) is 43.7 Å². The van der Waals surface area contributed by atoms with Crippen molar-refractivity contribution >= 4 is 6.41 Å². The number of rotatable bonds is 5. The third-order valence-electron chi connectivity index (χ3n) is 4.55. The molecule has 0 heterocycles. The lowest BCUT2D eigenvalue weighted by molar-refractivity contribution is -0.109. The number of hydrogen-bond acceptors (Lipinski definition) is 1. The summed E-state index contributed by atoms with van der Waals surface area (Å²) < 4.78 is 0. The van der Waals surface area contributed by atoms with Crippen LogP contribution in [0, 0.1) is 5.92 Å². The molecule has 0 saturated heterocycles. The molecule has 1 aromatic rings. The van der Waals surface area contributed by atoms with Crippen molar-refractivity contribution in [3.63, 3.8) is 0 Å². The van der Waals surface area contributed by atoms with Gasteiger partial charge in [-0.3, -0.25) is 4.79 Å². The second kappa shape index (κ2) is 6.03. The number of amides is 1. The number of carbonyl (C=O) groups is 1. The van der Waals surface area contributed by atoms with Gasteiger partial charge in [0.2, 0.25) is 6.41 Å². The Hall–Kier alpha value is -1.31. The lowest BCUT2D eigenvalue weighted by Crippen LogP contribution is -2.41. The highest BCUT2D eigenvalue weighted by molar-refractivity contribution is 5.46. The molecule has 0 aliphatic heterocycles. The fourth-order valence-corrected chi connectivity index (χ4v) is 3.23. The predicted molar refractivity (Wildman–Crippen MR) is 74.4 cm³/mol. The zero-order chi connectivity index (χ0) is 12.8. The van der Waals surface area contributed by atoms with Crippen LogP contribution in [0.1, 0.15) is 44.6 Å². The van der Waals surface area contributed by atoms with Crippen molar-refractivity contribution in [3.8, 4) is 0 Å². The van der Waals surface area contributed by atoms with E-state index in [0.717, 1.165) is 18.9 Å². The first-order chi connectivity index (χ1) is 8.80. The van der Waals surface area contributed by atoms with E-state index in [1.54, 1.807) is 0 Å². The van der Waals surface area contributed by atoms with Crippen LogP contribution in [0.15, 0.2) is 30.3 Å². The molecule has 0 spiro atoms. The standard InChI is InChI=1S/C16H23NO/c1-2-14-8-10-16(11-9-14,12-17-13-18)15-6-4-3-5-7-15/h3-7,13-14H,2,8-12H2,1H3,(H,17,18). The Kier molecular flexibility index (Phi) is 4.40. The quantitative estimate of drug-likeness (QED) is 0.793. The monoisotopic (exact) mass is 245 g/mol. The van der Waals surface area contributed by atoms with Gasteiger partial charge in [0, 0.05) is 12.0 Å². The van der Waals surface area contributed by atoms with Crippen LogP contribution in [0.2, 0.25) is 0 Å². The molecule has 1 aliphatic rings. The first kappa shape index (κ1) is 13.1. The highest BCUT2D eigenvalue weighted by atomic mass is 16.1. The van der Waals surface area contributed by atoms with Gasteiger partial charge in [0.15, 0.2) is 0 Å². The maximum Gasteiger partial charge on any atom is 0.207 e. The normalized spacial score (nSPS) is 27.7. The number of carbonyl (C=O) groups excluding carboxylic acids is 1. The maximum absolute atomic E-state index is 10.6. The minimum Gasteiger partial charge on any atom is -0.358 e. The second-order valence-corrected chi connectivity index (χ2v) is 5.50. The van der Waals surface area contributed by atoms with E-state index in [0.29, 0.717) is 0 Å². The van der Waals surface area contributed by atoms with E-state index in [9.17, 15) is 4.79 Å². The smallest absolute Gasteiger partial charge is 0.207 e. The van der Waals surface area contributed by atoms with E-state index in [4.69, 9.17) is 0 Å². The molecule has 0 atom stereocenters. The van der Waals surface area contributed by atoms with Crippen molar-refractivity contribution in [2.75, 3.05) is 6.54 Å². The highest BCUT2D eigenvalue weighted by Gasteiger charge is 2.35. The summed E-state index contributed by atoms with van der Waals surface area (Å²) in [5.41, 5.74) is 1.54. The van der Waals surface area contributed by atoms with Crippen molar-refractivity contribution < 1.29 is 4.79 Å². The molecule has 0 radical (unpaired) electrons. The number of benzene rings is 1. The van der Waals surface area contributed by atoms with Crippen LogP contribution in [-0.4, -0.2) is 13.0 Å². The topological polar surface area (TPSA) is 29.1 Å². The maximum atomic E-state index is 10.6. The fourth-order valence-electron chi connectivity index (χ4n) is 3.23. The Balaban J connectivity index is 2.17. The van der Waals surface area contributed by atoms with Gasteiger partial charge in [0.05, 0.1) is 0 Å². The van der Waals surface area contributed by atoms with E-state index < -0.39 is 0 Å². The van der Waals surface area contributed by atoms with Crippen LogP contribution in [0.3, 0.4) is 0 Å². The summed E-state index contributed by atoms with van der Waals surface area (Å²) in [6, 6.07) is 10.7. The molecule has 2 heteroatoms. The predicted octanol–water partition coefficient (Wildman–Crippen LogP) is 3.27. The molecule has 1 aliphatic carbocycles. The van der Waals surface area contributed by atoms with E-state index in [2.05, 4.69) is 42.6 Å². The van der Waals surface area contributed by atoms with Crippen LogP contribution in [0.25, 0.3) is 0 Å². The van der Waals surface area contributed by atoms with Crippen molar-refractivity contribution in [1.82, 2.24) is 5.32 Å². The third kappa shape index (κ3) is 2.74. The molecule has 0 bridgehead atoms. The molecule has 18 heavy (non-hydrogen) atoms. The molecule has 1 aromatic carbocycles. The summed E-state index contributed by atoms with van der Waals surface area (Å²) in [5.74, 6) is 0.873. The van der Waals surface area contributed by atoms with Crippen LogP contribution < -0.4 is 5.32 Å². The lowest BCUT2D eigenvalue weighted by Gasteiger charge is -2.40. The Morgan fingerprint density at radius 3 is 2.50 bits per heavy atom. The molecule has 2 rings (SSSR count). The Labute approximate surface area is 110 Å². The van der Waals surface area contributed by atoms with Crippen LogP contribution in [0.5, 0.6) is 0 Å².